The van der Waals surface area contributed by atoms with Crippen molar-refractivity contribution < 1.29 is 31.5 Å². The lowest BCUT2D eigenvalue weighted by Crippen LogP contribution is -2.55. The minimum atomic E-state index is -4.30. The molecule has 1 aromatic heterocycles. The minimum absolute atomic E-state index is 0.119. The van der Waals surface area contributed by atoms with Crippen LogP contribution in [0.15, 0.2) is 42.6 Å². The summed E-state index contributed by atoms with van der Waals surface area (Å²) in [5, 5.41) is 1.05. The molecule has 2 aliphatic heterocycles. The van der Waals surface area contributed by atoms with Crippen LogP contribution in [0.25, 0.3) is 10.9 Å². The number of hydrogen-bond donors (Lipinski definition) is 1. The van der Waals surface area contributed by atoms with Gasteiger partial charge in [-0.3, -0.25) is 9.69 Å². The second kappa shape index (κ2) is 9.46. The van der Waals surface area contributed by atoms with Gasteiger partial charge in [0.1, 0.15) is 5.75 Å². The Balaban J connectivity index is 1.26. The number of halogens is 5. The third-order valence-electron chi connectivity index (χ3n) is 9.13. The van der Waals surface area contributed by atoms with Crippen LogP contribution >= 0.6 is 0 Å². The second-order valence-electron chi connectivity index (χ2n) is 11.9. The van der Waals surface area contributed by atoms with Gasteiger partial charge in [-0.25, -0.2) is 8.78 Å². The first-order valence-electron chi connectivity index (χ1n) is 13.6. The smallest absolute Gasteiger partial charge is 0.395 e. The Morgan fingerprint density at radius 3 is 2.45 bits per heavy atom. The molecule has 3 aromatic rings. The van der Waals surface area contributed by atoms with Gasteiger partial charge in [0.05, 0.1) is 13.0 Å². The molecule has 1 N–H and O–H groups in total. The van der Waals surface area contributed by atoms with Gasteiger partial charge < -0.3 is 14.6 Å². The van der Waals surface area contributed by atoms with E-state index in [2.05, 4.69) is 9.88 Å². The molecule has 214 valence electrons. The average Bonchev–Trinajstić information content (AvgIpc) is 3.34. The number of piperidine rings is 1. The van der Waals surface area contributed by atoms with E-state index in [0.717, 1.165) is 33.3 Å². The Kier molecular flexibility index (Phi) is 6.40. The fraction of sp³-hybridized carbons (Fsp3) is 0.500. The number of hydrogen-bond acceptors (Lipinski definition) is 3. The van der Waals surface area contributed by atoms with Crippen LogP contribution in [0.5, 0.6) is 5.75 Å². The second-order valence-corrected chi connectivity index (χ2v) is 11.9. The predicted molar refractivity (Wildman–Crippen MR) is 140 cm³/mol. The molecule has 3 heterocycles. The van der Waals surface area contributed by atoms with Crippen molar-refractivity contribution in [3.8, 4) is 5.75 Å². The van der Waals surface area contributed by atoms with Gasteiger partial charge in [-0.1, -0.05) is 12.1 Å². The number of carbonyl (C=O) groups excluding carboxylic acids is 1. The Hall–Kier alpha value is -3.14. The van der Waals surface area contributed by atoms with Crippen LogP contribution in [-0.4, -0.2) is 59.5 Å². The topological polar surface area (TPSA) is 48.6 Å². The number of rotatable bonds is 5. The molecule has 2 aromatic carbocycles. The van der Waals surface area contributed by atoms with Gasteiger partial charge in [0.15, 0.2) is 0 Å². The number of benzene rings is 2. The summed E-state index contributed by atoms with van der Waals surface area (Å²) in [6.45, 7) is 2.55. The molecule has 40 heavy (non-hydrogen) atoms. The zero-order chi connectivity index (χ0) is 28.4. The molecular formula is C30H32F5N3O2. The number of aromatic nitrogens is 1. The van der Waals surface area contributed by atoms with Crippen LogP contribution in [0.4, 0.5) is 22.0 Å². The summed E-state index contributed by atoms with van der Waals surface area (Å²) in [5.41, 5.74) is 3.92. The Morgan fingerprint density at radius 1 is 1.12 bits per heavy atom. The molecule has 3 aliphatic rings. The highest BCUT2D eigenvalue weighted by atomic mass is 19.4. The highest BCUT2D eigenvalue weighted by molar-refractivity contribution is 5.94. The molecule has 1 amide bonds. The van der Waals surface area contributed by atoms with Gasteiger partial charge in [-0.2, -0.15) is 13.2 Å². The van der Waals surface area contributed by atoms with E-state index in [-0.39, 0.29) is 32.0 Å². The molecule has 3 fully saturated rings. The van der Waals surface area contributed by atoms with Gasteiger partial charge in [-0.05, 0) is 67.1 Å². The van der Waals surface area contributed by atoms with Crippen molar-refractivity contribution in [2.24, 2.45) is 11.3 Å². The van der Waals surface area contributed by atoms with Crippen LogP contribution in [0.3, 0.4) is 0 Å². The molecule has 5 nitrogen and oxygen atoms in total. The summed E-state index contributed by atoms with van der Waals surface area (Å²) in [6.07, 6.45) is -1.40. The SMILES string of the molecule is COc1cc(C)c2[nH]ccc2c1CN1CCC2(CC1c1ccc(C(=O)N3CC(C(F)(F)F)C3)cc1)CC(F)(F)C2. The number of aromatic amines is 1. The molecule has 6 rings (SSSR count). The Morgan fingerprint density at radius 2 is 1.82 bits per heavy atom. The third kappa shape index (κ3) is 4.74. The van der Waals surface area contributed by atoms with E-state index in [1.165, 1.54) is 4.90 Å². The first kappa shape index (κ1) is 27.1. The summed E-state index contributed by atoms with van der Waals surface area (Å²) in [5.74, 6) is -3.77. The molecule has 1 saturated carbocycles. The number of amides is 1. The fourth-order valence-electron chi connectivity index (χ4n) is 6.93. The molecule has 1 spiro atoms. The van der Waals surface area contributed by atoms with E-state index in [1.54, 1.807) is 19.2 Å². The average molecular weight is 562 g/mol. The van der Waals surface area contributed by atoms with Gasteiger partial charge >= 0.3 is 6.18 Å². The van der Waals surface area contributed by atoms with Crippen LogP contribution in [-0.2, 0) is 6.54 Å². The first-order chi connectivity index (χ1) is 18.9. The van der Waals surface area contributed by atoms with Gasteiger partial charge in [0.2, 0.25) is 5.92 Å². The number of methoxy groups -OCH3 is 1. The molecule has 0 radical (unpaired) electrons. The molecule has 1 atom stereocenters. The quantitative estimate of drug-likeness (QED) is 0.346. The molecule has 10 heteroatoms. The maximum Gasteiger partial charge on any atom is 0.395 e. The molecule has 1 aliphatic carbocycles. The molecule has 1 unspecified atom stereocenters. The largest absolute Gasteiger partial charge is 0.496 e. The van der Waals surface area contributed by atoms with Crippen LogP contribution in [0.2, 0.25) is 0 Å². The van der Waals surface area contributed by atoms with Crippen molar-refractivity contribution in [1.29, 1.82) is 0 Å². The number of aryl methyl sites for hydroxylation is 1. The number of alkyl halides is 5. The maximum atomic E-state index is 14.0. The lowest BCUT2D eigenvalue weighted by Gasteiger charge is -2.54. The minimum Gasteiger partial charge on any atom is -0.496 e. The van der Waals surface area contributed by atoms with Gasteiger partial charge in [-0.15, -0.1) is 0 Å². The molecular weight excluding hydrogens is 529 g/mol. The summed E-state index contributed by atoms with van der Waals surface area (Å²) < 4.78 is 72.4. The number of ether oxygens (including phenoxy) is 1. The van der Waals surface area contributed by atoms with Gasteiger partial charge in [0.25, 0.3) is 5.91 Å². The van der Waals surface area contributed by atoms with Crippen molar-refractivity contribution in [2.45, 2.75) is 57.3 Å². The number of likely N-dealkylation sites (tertiary alicyclic amines) is 2. The van der Waals surface area contributed by atoms with Crippen molar-refractivity contribution in [1.82, 2.24) is 14.8 Å². The van der Waals surface area contributed by atoms with Crippen molar-refractivity contribution in [2.75, 3.05) is 26.7 Å². The first-order valence-corrected chi connectivity index (χ1v) is 13.6. The number of carbonyl (C=O) groups is 1. The van der Waals surface area contributed by atoms with E-state index in [9.17, 15) is 26.7 Å². The number of nitrogens with one attached hydrogen (secondary N) is 1. The lowest BCUT2D eigenvalue weighted by atomic mass is 9.59. The number of nitrogens with zero attached hydrogens (tertiary/aromatic N) is 2. The van der Waals surface area contributed by atoms with Crippen molar-refractivity contribution in [3.05, 3.63) is 64.8 Å². The van der Waals surface area contributed by atoms with Crippen molar-refractivity contribution >= 4 is 16.8 Å². The van der Waals surface area contributed by atoms with E-state index in [4.69, 9.17) is 4.74 Å². The summed E-state index contributed by atoms with van der Waals surface area (Å²) in [6, 6.07) is 10.8. The Labute approximate surface area is 229 Å². The van der Waals surface area contributed by atoms with Crippen LogP contribution < -0.4 is 4.74 Å². The zero-order valence-electron chi connectivity index (χ0n) is 22.5. The molecule has 2 saturated heterocycles. The van der Waals surface area contributed by atoms with Gasteiger partial charge in [0, 0.05) is 66.7 Å². The summed E-state index contributed by atoms with van der Waals surface area (Å²) in [4.78, 5) is 19.6. The number of H-pyrrole nitrogens is 1. The number of fused-ring (bicyclic) bond motifs is 1. The highest BCUT2D eigenvalue weighted by Crippen LogP contribution is 2.60. The lowest BCUT2D eigenvalue weighted by molar-refractivity contribution is -0.202. The van der Waals surface area contributed by atoms with E-state index in [0.29, 0.717) is 31.5 Å². The monoisotopic (exact) mass is 561 g/mol. The Bertz CT molecular complexity index is 1420. The normalized spacial score (nSPS) is 22.8. The summed E-state index contributed by atoms with van der Waals surface area (Å²) >= 11 is 0. The maximum absolute atomic E-state index is 14.0. The third-order valence-corrected chi connectivity index (χ3v) is 9.13. The van der Waals surface area contributed by atoms with E-state index < -0.39 is 29.3 Å². The van der Waals surface area contributed by atoms with Crippen LogP contribution in [0, 0.1) is 18.3 Å². The molecule has 0 bridgehead atoms. The van der Waals surface area contributed by atoms with Crippen LogP contribution in [0.1, 0.15) is 58.8 Å². The standard InChI is InChI=1S/C30H32F5N3O2/c1-18-11-25(40-2)23(22-7-9-36-26(18)22)15-37-10-8-28(16-29(31,32)17-28)12-24(37)19-3-5-20(6-4-19)27(39)38-13-21(14-38)30(33,34)35/h3-7,9,11,21,24,36H,8,10,12-17H2,1-2H3. The fourth-order valence-corrected chi connectivity index (χ4v) is 6.93. The predicted octanol–water partition coefficient (Wildman–Crippen LogP) is 6.87. The van der Waals surface area contributed by atoms with E-state index in [1.807, 2.05) is 37.4 Å². The highest BCUT2D eigenvalue weighted by Gasteiger charge is 2.58. The van der Waals surface area contributed by atoms with Crippen molar-refractivity contribution in [3.63, 3.8) is 0 Å². The van der Waals surface area contributed by atoms with E-state index >= 15 is 0 Å². The zero-order valence-corrected chi connectivity index (χ0v) is 22.5. The summed E-state index contributed by atoms with van der Waals surface area (Å²) in [7, 11) is 1.64.